The number of rotatable bonds is 2. The Morgan fingerprint density at radius 3 is 2.65 bits per heavy atom. The van der Waals surface area contributed by atoms with Crippen LogP contribution in [0.2, 0.25) is 18.1 Å². The molecule has 2 aliphatic rings. The first kappa shape index (κ1) is 12.8. The van der Waals surface area contributed by atoms with Crippen LogP contribution < -0.4 is 0 Å². The van der Waals surface area contributed by atoms with E-state index in [4.69, 9.17) is 4.43 Å². The van der Waals surface area contributed by atoms with E-state index in [0.717, 1.165) is 6.54 Å². The van der Waals surface area contributed by atoms with Crippen molar-refractivity contribution in [1.29, 1.82) is 0 Å². The van der Waals surface area contributed by atoms with Gasteiger partial charge in [0.05, 0.1) is 18.6 Å². The van der Waals surface area contributed by atoms with Gasteiger partial charge in [-0.3, -0.25) is 4.79 Å². The predicted molar refractivity (Wildman–Crippen MR) is 71.3 cm³/mol. The van der Waals surface area contributed by atoms with Gasteiger partial charge in [-0.05, 0) is 18.1 Å². The first-order chi connectivity index (χ1) is 7.72. The zero-order valence-electron chi connectivity index (χ0n) is 11.5. The Labute approximate surface area is 105 Å². The highest BCUT2D eigenvalue weighted by atomic mass is 28.4. The minimum Gasteiger partial charge on any atom is -0.411 e. The molecule has 2 atom stereocenters. The molecule has 2 aliphatic heterocycles. The Morgan fingerprint density at radius 2 is 2.06 bits per heavy atom. The van der Waals surface area contributed by atoms with Crippen LogP contribution in [-0.4, -0.2) is 37.8 Å². The molecular formula is C13H23NO2Si. The minimum atomic E-state index is -1.77. The van der Waals surface area contributed by atoms with Gasteiger partial charge < -0.3 is 9.33 Å². The molecule has 3 nitrogen and oxygen atoms in total. The van der Waals surface area contributed by atoms with Crippen molar-refractivity contribution in [2.75, 3.05) is 6.54 Å². The van der Waals surface area contributed by atoms with Crippen molar-refractivity contribution in [2.45, 2.75) is 57.5 Å². The van der Waals surface area contributed by atoms with Crippen molar-refractivity contribution in [3.63, 3.8) is 0 Å². The summed E-state index contributed by atoms with van der Waals surface area (Å²) in [6.45, 7) is 12.0. The maximum absolute atomic E-state index is 11.8. The second-order valence-corrected chi connectivity index (χ2v) is 11.3. The van der Waals surface area contributed by atoms with Crippen LogP contribution in [0.4, 0.5) is 0 Å². The van der Waals surface area contributed by atoms with Gasteiger partial charge in [0, 0.05) is 6.54 Å². The van der Waals surface area contributed by atoms with Crippen LogP contribution in [0.1, 0.15) is 27.2 Å². The third-order valence-electron chi connectivity index (χ3n) is 4.32. The molecule has 0 aromatic carbocycles. The molecule has 17 heavy (non-hydrogen) atoms. The fourth-order valence-corrected chi connectivity index (χ4v) is 3.54. The number of hydrogen-bond donors (Lipinski definition) is 0. The summed E-state index contributed by atoms with van der Waals surface area (Å²) in [6.07, 6.45) is 4.83. The number of fused-ring (bicyclic) bond motifs is 1. The molecule has 0 N–H and O–H groups in total. The van der Waals surface area contributed by atoms with Gasteiger partial charge in [0.25, 0.3) is 0 Å². The third-order valence-corrected chi connectivity index (χ3v) is 8.83. The summed E-state index contributed by atoms with van der Waals surface area (Å²) in [5.41, 5.74) is 0. The summed E-state index contributed by atoms with van der Waals surface area (Å²) in [4.78, 5) is 13.8. The van der Waals surface area contributed by atoms with Crippen LogP contribution in [0.15, 0.2) is 12.2 Å². The number of carbonyl (C=O) groups is 1. The molecule has 0 aliphatic carbocycles. The van der Waals surface area contributed by atoms with Crippen molar-refractivity contribution < 1.29 is 9.22 Å². The van der Waals surface area contributed by atoms with E-state index in [1.54, 1.807) is 0 Å². The van der Waals surface area contributed by atoms with E-state index < -0.39 is 8.32 Å². The second kappa shape index (κ2) is 3.95. The van der Waals surface area contributed by atoms with Crippen molar-refractivity contribution in [3.05, 3.63) is 12.2 Å². The zero-order valence-corrected chi connectivity index (χ0v) is 12.5. The number of amides is 1. The van der Waals surface area contributed by atoms with Gasteiger partial charge in [-0.1, -0.05) is 32.9 Å². The van der Waals surface area contributed by atoms with Gasteiger partial charge in [-0.2, -0.15) is 0 Å². The molecule has 0 unspecified atom stereocenters. The molecule has 0 aromatic rings. The third kappa shape index (κ3) is 2.20. The Balaban J connectivity index is 2.10. The van der Waals surface area contributed by atoms with Gasteiger partial charge in [0.15, 0.2) is 8.32 Å². The highest BCUT2D eigenvalue weighted by molar-refractivity contribution is 6.74. The predicted octanol–water partition coefficient (Wildman–Crippen LogP) is 2.55. The van der Waals surface area contributed by atoms with Crippen LogP contribution in [-0.2, 0) is 9.22 Å². The first-order valence-corrected chi connectivity index (χ1v) is 9.27. The van der Waals surface area contributed by atoms with Crippen LogP contribution >= 0.6 is 0 Å². The fourth-order valence-electron chi connectivity index (χ4n) is 2.21. The quantitative estimate of drug-likeness (QED) is 0.559. The maximum atomic E-state index is 11.8. The summed E-state index contributed by atoms with van der Waals surface area (Å²) in [6, 6.07) is 0.191. The molecule has 0 radical (unpaired) electrons. The van der Waals surface area contributed by atoms with Crippen LogP contribution in [0.5, 0.6) is 0 Å². The molecule has 1 amide bonds. The normalized spacial score (nSPS) is 29.0. The van der Waals surface area contributed by atoms with E-state index in [1.807, 2.05) is 4.90 Å². The van der Waals surface area contributed by atoms with Crippen molar-refractivity contribution in [2.24, 2.45) is 0 Å². The molecule has 2 rings (SSSR count). The number of nitrogens with zero attached hydrogens (tertiary/aromatic N) is 1. The maximum Gasteiger partial charge on any atom is 0.226 e. The topological polar surface area (TPSA) is 29.5 Å². The molecule has 1 saturated heterocycles. The summed E-state index contributed by atoms with van der Waals surface area (Å²) >= 11 is 0. The van der Waals surface area contributed by atoms with Crippen LogP contribution in [0, 0.1) is 0 Å². The van der Waals surface area contributed by atoms with Gasteiger partial charge in [0.2, 0.25) is 5.91 Å². The summed E-state index contributed by atoms with van der Waals surface area (Å²) in [5, 5.41) is 0.200. The molecule has 2 heterocycles. The second-order valence-electron chi connectivity index (χ2n) is 6.59. The van der Waals surface area contributed by atoms with Crippen molar-refractivity contribution in [1.82, 2.24) is 4.90 Å². The number of hydrogen-bond acceptors (Lipinski definition) is 2. The van der Waals surface area contributed by atoms with Gasteiger partial charge >= 0.3 is 0 Å². The van der Waals surface area contributed by atoms with Crippen LogP contribution in [0.3, 0.4) is 0 Å². The Hall–Kier alpha value is -0.613. The average Bonchev–Trinajstić information content (AvgIpc) is 2.70. The van der Waals surface area contributed by atoms with E-state index in [9.17, 15) is 4.79 Å². The first-order valence-electron chi connectivity index (χ1n) is 6.36. The molecule has 0 saturated carbocycles. The number of carbonyl (C=O) groups excluding carboxylic acids is 1. The fraction of sp³-hybridized carbons (Fsp3) is 0.769. The monoisotopic (exact) mass is 253 g/mol. The summed E-state index contributed by atoms with van der Waals surface area (Å²) < 4.78 is 6.37. The molecule has 0 bridgehead atoms. The molecular weight excluding hydrogens is 230 g/mol. The minimum absolute atomic E-state index is 0.0714. The summed E-state index contributed by atoms with van der Waals surface area (Å²) in [5.74, 6) is 0.240. The lowest BCUT2D eigenvalue weighted by molar-refractivity contribution is -0.127. The molecule has 96 valence electrons. The molecule has 4 heteroatoms. The van der Waals surface area contributed by atoms with Gasteiger partial charge in [-0.15, -0.1) is 0 Å². The average molecular weight is 253 g/mol. The smallest absolute Gasteiger partial charge is 0.226 e. The van der Waals surface area contributed by atoms with E-state index in [0.29, 0.717) is 6.42 Å². The lowest BCUT2D eigenvalue weighted by Gasteiger charge is -2.39. The van der Waals surface area contributed by atoms with E-state index in [-0.39, 0.29) is 23.1 Å². The van der Waals surface area contributed by atoms with E-state index >= 15 is 0 Å². The van der Waals surface area contributed by atoms with Gasteiger partial charge in [-0.25, -0.2) is 0 Å². The lowest BCUT2D eigenvalue weighted by Crippen LogP contribution is -2.46. The summed E-state index contributed by atoms with van der Waals surface area (Å²) in [7, 11) is -1.77. The van der Waals surface area contributed by atoms with Crippen LogP contribution in [0.25, 0.3) is 0 Å². The van der Waals surface area contributed by atoms with Gasteiger partial charge in [0.1, 0.15) is 0 Å². The Kier molecular flexibility index (Phi) is 2.98. The SMILES string of the molecule is CC(C)(C)[Si](C)(C)O[C@H]1CC(=O)N2CC=C[C@H]12. The Bertz CT molecular complexity index is 357. The zero-order chi connectivity index (χ0) is 12.8. The highest BCUT2D eigenvalue weighted by Gasteiger charge is 2.46. The largest absolute Gasteiger partial charge is 0.411 e. The standard InChI is InChI=1S/C13H23NO2Si/c1-13(2,3)17(4,5)16-11-9-12(15)14-8-6-7-10(11)14/h6-7,10-11H,8-9H2,1-5H3/t10-,11+/m1/s1. The van der Waals surface area contributed by atoms with Crippen molar-refractivity contribution in [3.8, 4) is 0 Å². The van der Waals surface area contributed by atoms with Crippen molar-refractivity contribution >= 4 is 14.2 Å². The van der Waals surface area contributed by atoms with E-state index in [1.165, 1.54) is 0 Å². The Morgan fingerprint density at radius 1 is 1.41 bits per heavy atom. The molecule has 1 fully saturated rings. The molecule has 0 spiro atoms. The van der Waals surface area contributed by atoms with E-state index in [2.05, 4.69) is 46.0 Å². The lowest BCUT2D eigenvalue weighted by atomic mass is 10.2. The highest BCUT2D eigenvalue weighted by Crippen LogP contribution is 2.40. The molecule has 0 aromatic heterocycles.